The topological polar surface area (TPSA) is 75.7 Å². The van der Waals surface area contributed by atoms with Gasteiger partial charge >= 0.3 is 0 Å². The third kappa shape index (κ3) is 6.81. The van der Waals surface area contributed by atoms with Crippen molar-refractivity contribution in [3.63, 3.8) is 0 Å². The number of benzene rings is 3. The lowest BCUT2D eigenvalue weighted by Crippen LogP contribution is -2.41. The average Bonchev–Trinajstić information content (AvgIpc) is 2.82. The third-order valence-corrected chi connectivity index (χ3v) is 6.95. The molecule has 0 radical (unpaired) electrons. The van der Waals surface area contributed by atoms with Crippen LogP contribution in [0.15, 0.2) is 77.7 Å². The van der Waals surface area contributed by atoms with E-state index in [1.807, 2.05) is 31.2 Å². The smallest absolute Gasteiger partial charge is 0.264 e. The molecule has 3 aromatic carbocycles. The van der Waals surface area contributed by atoms with Gasteiger partial charge in [0.25, 0.3) is 10.0 Å². The molecular formula is C26H29FN2O4S. The van der Waals surface area contributed by atoms with Crippen molar-refractivity contribution in [2.45, 2.75) is 31.6 Å². The van der Waals surface area contributed by atoms with Crippen molar-refractivity contribution in [3.05, 3.63) is 89.7 Å². The molecule has 6 nitrogen and oxygen atoms in total. The molecule has 34 heavy (non-hydrogen) atoms. The number of rotatable bonds is 11. The molecule has 0 saturated heterocycles. The van der Waals surface area contributed by atoms with Gasteiger partial charge in [-0.3, -0.25) is 9.10 Å². The predicted molar refractivity (Wildman–Crippen MR) is 131 cm³/mol. The first-order valence-corrected chi connectivity index (χ1v) is 12.6. The van der Waals surface area contributed by atoms with Crippen LogP contribution in [0.5, 0.6) is 5.75 Å². The summed E-state index contributed by atoms with van der Waals surface area (Å²) in [5, 5.41) is 2.70. The Morgan fingerprint density at radius 3 is 2.24 bits per heavy atom. The van der Waals surface area contributed by atoms with Gasteiger partial charge in [0.15, 0.2) is 0 Å². The third-order valence-electron chi connectivity index (χ3n) is 5.17. The first-order valence-electron chi connectivity index (χ1n) is 11.1. The van der Waals surface area contributed by atoms with Crippen molar-refractivity contribution in [1.29, 1.82) is 0 Å². The molecule has 3 aromatic rings. The molecule has 0 bridgehead atoms. The SMILES string of the molecule is CCCc1ccc(OCCNC(=O)CN(c2ccc(C)cc2)S(=O)(=O)c2ccc(F)cc2)cc1. The molecule has 0 atom stereocenters. The molecule has 0 aliphatic rings. The number of aryl methyl sites for hydroxylation is 2. The number of sulfonamides is 1. The molecule has 0 aliphatic carbocycles. The largest absolute Gasteiger partial charge is 0.492 e. The summed E-state index contributed by atoms with van der Waals surface area (Å²) in [6.45, 7) is 4.04. The fourth-order valence-corrected chi connectivity index (χ4v) is 4.77. The van der Waals surface area contributed by atoms with E-state index >= 15 is 0 Å². The summed E-state index contributed by atoms with van der Waals surface area (Å²) in [7, 11) is -4.09. The standard InChI is InChI=1S/C26H29FN2O4S/c1-3-4-21-7-13-24(14-8-21)33-18-17-28-26(30)19-29(23-11-5-20(2)6-12-23)34(31,32)25-15-9-22(27)10-16-25/h5-16H,3-4,17-19H2,1-2H3,(H,28,30). The number of amides is 1. The molecule has 8 heteroatoms. The summed E-state index contributed by atoms with van der Waals surface area (Å²) in [5.41, 5.74) is 2.53. The normalized spacial score (nSPS) is 11.1. The molecule has 180 valence electrons. The minimum Gasteiger partial charge on any atom is -0.492 e. The van der Waals surface area contributed by atoms with E-state index in [2.05, 4.69) is 12.2 Å². The van der Waals surface area contributed by atoms with Crippen molar-refractivity contribution < 1.29 is 22.3 Å². The van der Waals surface area contributed by atoms with Crippen LogP contribution in [-0.4, -0.2) is 34.0 Å². The highest BCUT2D eigenvalue weighted by Gasteiger charge is 2.27. The second-order valence-corrected chi connectivity index (χ2v) is 9.76. The van der Waals surface area contributed by atoms with Crippen molar-refractivity contribution in [2.75, 3.05) is 24.0 Å². The van der Waals surface area contributed by atoms with E-state index in [-0.39, 0.29) is 18.0 Å². The maximum atomic E-state index is 13.3. The molecule has 3 rings (SSSR count). The van der Waals surface area contributed by atoms with Gasteiger partial charge in [0.1, 0.15) is 24.7 Å². The highest BCUT2D eigenvalue weighted by atomic mass is 32.2. The predicted octanol–water partition coefficient (Wildman–Crippen LogP) is 4.48. The van der Waals surface area contributed by atoms with E-state index in [1.54, 1.807) is 24.3 Å². The monoisotopic (exact) mass is 484 g/mol. The van der Waals surface area contributed by atoms with Gasteiger partial charge in [0.2, 0.25) is 5.91 Å². The Bertz CT molecular complexity index is 1180. The zero-order valence-electron chi connectivity index (χ0n) is 19.3. The lowest BCUT2D eigenvalue weighted by molar-refractivity contribution is -0.119. The summed E-state index contributed by atoms with van der Waals surface area (Å²) in [5.74, 6) is -0.319. The minimum atomic E-state index is -4.09. The van der Waals surface area contributed by atoms with Crippen LogP contribution in [0.25, 0.3) is 0 Å². The van der Waals surface area contributed by atoms with Gasteiger partial charge in [0.05, 0.1) is 17.1 Å². The summed E-state index contributed by atoms with van der Waals surface area (Å²) in [4.78, 5) is 12.5. The Hall–Kier alpha value is -3.39. The number of hydrogen-bond acceptors (Lipinski definition) is 4. The second kappa shape index (κ2) is 11.7. The minimum absolute atomic E-state index is 0.0999. The maximum Gasteiger partial charge on any atom is 0.264 e. The number of ether oxygens (including phenoxy) is 1. The highest BCUT2D eigenvalue weighted by molar-refractivity contribution is 7.92. The molecular weight excluding hydrogens is 455 g/mol. The van der Waals surface area contributed by atoms with Crippen LogP contribution >= 0.6 is 0 Å². The van der Waals surface area contributed by atoms with Crippen LogP contribution < -0.4 is 14.4 Å². The Labute approximate surface area is 200 Å². The van der Waals surface area contributed by atoms with E-state index in [0.29, 0.717) is 11.4 Å². The quantitative estimate of drug-likeness (QED) is 0.407. The molecule has 1 N–H and O–H groups in total. The van der Waals surface area contributed by atoms with E-state index in [4.69, 9.17) is 4.74 Å². The number of nitrogens with one attached hydrogen (secondary N) is 1. The Morgan fingerprint density at radius 1 is 0.971 bits per heavy atom. The van der Waals surface area contributed by atoms with Gasteiger partial charge in [-0.1, -0.05) is 43.2 Å². The first kappa shape index (κ1) is 25.2. The van der Waals surface area contributed by atoms with E-state index in [9.17, 15) is 17.6 Å². The number of halogens is 1. The summed E-state index contributed by atoms with van der Waals surface area (Å²) < 4.78 is 46.5. The van der Waals surface area contributed by atoms with Crippen molar-refractivity contribution in [2.24, 2.45) is 0 Å². The van der Waals surface area contributed by atoms with E-state index in [1.165, 1.54) is 17.7 Å². The molecule has 0 saturated carbocycles. The van der Waals surface area contributed by atoms with Crippen molar-refractivity contribution >= 4 is 21.6 Å². The Balaban J connectivity index is 1.64. The maximum absolute atomic E-state index is 13.3. The number of anilines is 1. The number of carbonyl (C=O) groups is 1. The van der Waals surface area contributed by atoms with Gasteiger partial charge in [-0.25, -0.2) is 12.8 Å². The lowest BCUT2D eigenvalue weighted by atomic mass is 10.1. The van der Waals surface area contributed by atoms with Crippen molar-refractivity contribution in [3.8, 4) is 5.75 Å². The zero-order chi connectivity index (χ0) is 24.6. The molecule has 1 amide bonds. The van der Waals surface area contributed by atoms with Crippen LogP contribution in [-0.2, 0) is 21.2 Å². The zero-order valence-corrected chi connectivity index (χ0v) is 20.1. The second-order valence-electron chi connectivity index (χ2n) is 7.89. The van der Waals surface area contributed by atoms with E-state index < -0.39 is 28.3 Å². The van der Waals surface area contributed by atoms with E-state index in [0.717, 1.165) is 34.8 Å². The fourth-order valence-electron chi connectivity index (χ4n) is 3.35. The highest BCUT2D eigenvalue weighted by Crippen LogP contribution is 2.24. The van der Waals surface area contributed by atoms with Gasteiger partial charge in [-0.05, 0) is 67.4 Å². The van der Waals surface area contributed by atoms with Crippen LogP contribution in [0.2, 0.25) is 0 Å². The Kier molecular flexibility index (Phi) is 8.65. The summed E-state index contributed by atoms with van der Waals surface area (Å²) in [6.07, 6.45) is 2.08. The molecule has 0 aromatic heterocycles. The van der Waals surface area contributed by atoms with Crippen LogP contribution in [0, 0.1) is 12.7 Å². The molecule has 0 spiro atoms. The van der Waals surface area contributed by atoms with Gasteiger partial charge < -0.3 is 10.1 Å². The van der Waals surface area contributed by atoms with Gasteiger partial charge in [-0.15, -0.1) is 0 Å². The van der Waals surface area contributed by atoms with Crippen LogP contribution in [0.3, 0.4) is 0 Å². The Morgan fingerprint density at radius 2 is 1.62 bits per heavy atom. The number of hydrogen-bond donors (Lipinski definition) is 1. The molecule has 0 unspecified atom stereocenters. The average molecular weight is 485 g/mol. The number of nitrogens with zero attached hydrogens (tertiary/aromatic N) is 1. The van der Waals surface area contributed by atoms with Crippen LogP contribution in [0.4, 0.5) is 10.1 Å². The number of carbonyl (C=O) groups excluding carboxylic acids is 1. The molecule has 0 heterocycles. The van der Waals surface area contributed by atoms with Crippen molar-refractivity contribution in [1.82, 2.24) is 5.32 Å². The fraction of sp³-hybridized carbons (Fsp3) is 0.269. The lowest BCUT2D eigenvalue weighted by Gasteiger charge is -2.24. The van der Waals surface area contributed by atoms with Gasteiger partial charge in [0, 0.05) is 0 Å². The van der Waals surface area contributed by atoms with Crippen LogP contribution in [0.1, 0.15) is 24.5 Å². The molecule has 0 fully saturated rings. The van der Waals surface area contributed by atoms with Gasteiger partial charge in [-0.2, -0.15) is 0 Å². The first-order chi connectivity index (χ1) is 16.3. The summed E-state index contributed by atoms with van der Waals surface area (Å²) in [6, 6.07) is 19.1. The molecule has 0 aliphatic heterocycles. The summed E-state index contributed by atoms with van der Waals surface area (Å²) >= 11 is 0.